The van der Waals surface area contributed by atoms with E-state index < -0.39 is 5.91 Å². The van der Waals surface area contributed by atoms with Crippen molar-refractivity contribution < 1.29 is 4.79 Å². The summed E-state index contributed by atoms with van der Waals surface area (Å²) in [4.78, 5) is 23.3. The molecule has 0 aliphatic carbocycles. The standard InChI is InChI=1S/C11H17N3O2/c1-4-14-9(7(2)3)6-5-8(11(14)16)10(15)13-12/h5-7H,4,12H2,1-3H3,(H,13,15). The molecule has 0 saturated carbocycles. The molecule has 0 atom stereocenters. The second-order valence-corrected chi connectivity index (χ2v) is 3.85. The Morgan fingerprint density at radius 1 is 1.50 bits per heavy atom. The molecule has 1 rings (SSSR count). The molecule has 3 N–H and O–H groups in total. The minimum Gasteiger partial charge on any atom is -0.312 e. The molecule has 16 heavy (non-hydrogen) atoms. The van der Waals surface area contributed by atoms with Gasteiger partial charge in [-0.05, 0) is 25.0 Å². The zero-order chi connectivity index (χ0) is 12.3. The summed E-state index contributed by atoms with van der Waals surface area (Å²) in [5, 5.41) is 0. The van der Waals surface area contributed by atoms with Crippen molar-refractivity contribution in [3.05, 3.63) is 33.7 Å². The van der Waals surface area contributed by atoms with E-state index in [0.29, 0.717) is 6.54 Å². The highest BCUT2D eigenvalue weighted by atomic mass is 16.2. The topological polar surface area (TPSA) is 77.1 Å². The first-order valence-electron chi connectivity index (χ1n) is 5.27. The summed E-state index contributed by atoms with van der Waals surface area (Å²) in [6, 6.07) is 3.31. The molecule has 0 aliphatic rings. The van der Waals surface area contributed by atoms with Crippen LogP contribution in [-0.4, -0.2) is 10.5 Å². The van der Waals surface area contributed by atoms with Crippen molar-refractivity contribution in [3.8, 4) is 0 Å². The van der Waals surface area contributed by atoms with Crippen LogP contribution in [0, 0.1) is 0 Å². The van der Waals surface area contributed by atoms with Crippen LogP contribution in [0.2, 0.25) is 0 Å². The number of carbonyl (C=O) groups is 1. The summed E-state index contributed by atoms with van der Waals surface area (Å²) in [7, 11) is 0. The van der Waals surface area contributed by atoms with E-state index in [9.17, 15) is 9.59 Å². The number of aromatic nitrogens is 1. The van der Waals surface area contributed by atoms with Gasteiger partial charge < -0.3 is 4.57 Å². The summed E-state index contributed by atoms with van der Waals surface area (Å²) >= 11 is 0. The fourth-order valence-corrected chi connectivity index (χ4v) is 1.67. The Hall–Kier alpha value is -1.62. The number of nitrogens with zero attached hydrogens (tertiary/aromatic N) is 1. The molecule has 5 nitrogen and oxygen atoms in total. The van der Waals surface area contributed by atoms with Crippen LogP contribution < -0.4 is 16.8 Å². The van der Waals surface area contributed by atoms with Crippen molar-refractivity contribution in [1.82, 2.24) is 9.99 Å². The van der Waals surface area contributed by atoms with Crippen LogP contribution >= 0.6 is 0 Å². The van der Waals surface area contributed by atoms with Gasteiger partial charge in [0.2, 0.25) is 0 Å². The summed E-state index contributed by atoms with van der Waals surface area (Å²) < 4.78 is 1.59. The molecule has 0 unspecified atom stereocenters. The third kappa shape index (κ3) is 2.14. The van der Waals surface area contributed by atoms with Crippen LogP contribution in [0.1, 0.15) is 42.7 Å². The fourth-order valence-electron chi connectivity index (χ4n) is 1.67. The molecule has 0 saturated heterocycles. The number of carbonyl (C=O) groups excluding carboxylic acids is 1. The smallest absolute Gasteiger partial charge is 0.270 e. The minimum atomic E-state index is -0.553. The Kier molecular flexibility index (Phi) is 3.84. The number of amides is 1. The van der Waals surface area contributed by atoms with Gasteiger partial charge in [0, 0.05) is 12.2 Å². The lowest BCUT2D eigenvalue weighted by atomic mass is 10.1. The SMILES string of the molecule is CCn1c(C(C)C)ccc(C(=O)NN)c1=O. The molecule has 88 valence electrons. The predicted octanol–water partition coefficient (Wildman–Crippen LogP) is 0.595. The highest BCUT2D eigenvalue weighted by Gasteiger charge is 2.14. The van der Waals surface area contributed by atoms with Crippen LogP contribution in [0.15, 0.2) is 16.9 Å². The molecule has 0 aliphatic heterocycles. The largest absolute Gasteiger partial charge is 0.312 e. The first kappa shape index (κ1) is 12.4. The van der Waals surface area contributed by atoms with Crippen molar-refractivity contribution >= 4 is 5.91 Å². The molecule has 0 spiro atoms. The summed E-state index contributed by atoms with van der Waals surface area (Å²) in [5.74, 6) is 4.70. The normalized spacial score (nSPS) is 10.6. The molecule has 0 aromatic carbocycles. The van der Waals surface area contributed by atoms with Crippen molar-refractivity contribution in [3.63, 3.8) is 0 Å². The van der Waals surface area contributed by atoms with Crippen molar-refractivity contribution in [1.29, 1.82) is 0 Å². The highest BCUT2D eigenvalue weighted by Crippen LogP contribution is 2.12. The minimum absolute atomic E-state index is 0.0775. The highest BCUT2D eigenvalue weighted by molar-refractivity contribution is 5.93. The van der Waals surface area contributed by atoms with Gasteiger partial charge in [-0.1, -0.05) is 13.8 Å². The number of nitrogens with two attached hydrogens (primary N) is 1. The lowest BCUT2D eigenvalue weighted by Gasteiger charge is -2.14. The number of nitrogen functional groups attached to an aromatic ring is 1. The Balaban J connectivity index is 3.41. The molecule has 0 fully saturated rings. The number of rotatable bonds is 3. The molecule has 0 bridgehead atoms. The molecule has 1 aromatic heterocycles. The maximum absolute atomic E-state index is 12.0. The van der Waals surface area contributed by atoms with E-state index in [1.807, 2.05) is 26.2 Å². The van der Waals surface area contributed by atoms with E-state index in [-0.39, 0.29) is 17.0 Å². The van der Waals surface area contributed by atoms with Crippen molar-refractivity contribution in [2.24, 2.45) is 5.84 Å². The molecular formula is C11H17N3O2. The van der Waals surface area contributed by atoms with Gasteiger partial charge in [0.05, 0.1) is 0 Å². The monoisotopic (exact) mass is 223 g/mol. The van der Waals surface area contributed by atoms with Gasteiger partial charge in [-0.25, -0.2) is 5.84 Å². The second kappa shape index (κ2) is 4.94. The summed E-state index contributed by atoms with van der Waals surface area (Å²) in [6.07, 6.45) is 0. The van der Waals surface area contributed by atoms with E-state index in [1.54, 1.807) is 10.6 Å². The van der Waals surface area contributed by atoms with Crippen LogP contribution in [0.3, 0.4) is 0 Å². The Labute approximate surface area is 94.2 Å². The van der Waals surface area contributed by atoms with Crippen LogP contribution in [-0.2, 0) is 6.54 Å². The van der Waals surface area contributed by atoms with Crippen molar-refractivity contribution in [2.45, 2.75) is 33.2 Å². The maximum Gasteiger partial charge on any atom is 0.270 e. The Morgan fingerprint density at radius 3 is 2.56 bits per heavy atom. The number of hydrazine groups is 1. The third-order valence-corrected chi connectivity index (χ3v) is 2.49. The van der Waals surface area contributed by atoms with Crippen molar-refractivity contribution in [2.75, 3.05) is 0 Å². The summed E-state index contributed by atoms with van der Waals surface area (Å²) in [5.41, 5.74) is 2.67. The molecule has 1 aromatic rings. The van der Waals surface area contributed by atoms with E-state index >= 15 is 0 Å². The Morgan fingerprint density at radius 2 is 2.12 bits per heavy atom. The fraction of sp³-hybridized carbons (Fsp3) is 0.455. The third-order valence-electron chi connectivity index (χ3n) is 2.49. The first-order chi connectivity index (χ1) is 7.52. The zero-order valence-corrected chi connectivity index (χ0v) is 9.78. The maximum atomic E-state index is 12.0. The average Bonchev–Trinajstić information content (AvgIpc) is 2.27. The van der Waals surface area contributed by atoms with E-state index in [2.05, 4.69) is 0 Å². The average molecular weight is 223 g/mol. The lowest BCUT2D eigenvalue weighted by Crippen LogP contribution is -2.37. The zero-order valence-electron chi connectivity index (χ0n) is 9.78. The quantitative estimate of drug-likeness (QED) is 0.447. The van der Waals surface area contributed by atoms with Crippen LogP contribution in [0.5, 0.6) is 0 Å². The first-order valence-corrected chi connectivity index (χ1v) is 5.27. The number of hydrogen-bond donors (Lipinski definition) is 2. The van der Waals surface area contributed by atoms with E-state index in [4.69, 9.17) is 5.84 Å². The summed E-state index contributed by atoms with van der Waals surface area (Å²) in [6.45, 7) is 6.42. The van der Waals surface area contributed by atoms with Gasteiger partial charge in [-0.15, -0.1) is 0 Å². The molecular weight excluding hydrogens is 206 g/mol. The number of nitrogens with one attached hydrogen (secondary N) is 1. The molecule has 1 heterocycles. The molecule has 5 heteroatoms. The van der Waals surface area contributed by atoms with Crippen LogP contribution in [0.25, 0.3) is 0 Å². The number of hydrogen-bond acceptors (Lipinski definition) is 3. The molecule has 1 amide bonds. The van der Waals surface area contributed by atoms with Crippen LogP contribution in [0.4, 0.5) is 0 Å². The van der Waals surface area contributed by atoms with Gasteiger partial charge in [-0.2, -0.15) is 0 Å². The predicted molar refractivity (Wildman–Crippen MR) is 62.1 cm³/mol. The van der Waals surface area contributed by atoms with E-state index in [1.165, 1.54) is 6.07 Å². The van der Waals surface area contributed by atoms with Gasteiger partial charge in [0.15, 0.2) is 0 Å². The van der Waals surface area contributed by atoms with Gasteiger partial charge >= 0.3 is 0 Å². The molecule has 0 radical (unpaired) electrons. The van der Waals surface area contributed by atoms with Gasteiger partial charge in [-0.3, -0.25) is 15.0 Å². The lowest BCUT2D eigenvalue weighted by molar-refractivity contribution is 0.0951. The number of pyridine rings is 1. The van der Waals surface area contributed by atoms with E-state index in [0.717, 1.165) is 5.69 Å². The van der Waals surface area contributed by atoms with Gasteiger partial charge in [0.25, 0.3) is 11.5 Å². The van der Waals surface area contributed by atoms with Gasteiger partial charge in [0.1, 0.15) is 5.56 Å². The second-order valence-electron chi connectivity index (χ2n) is 3.85. The Bertz CT molecular complexity index is 449.